The van der Waals surface area contributed by atoms with Crippen molar-refractivity contribution in [2.45, 2.75) is 63.5 Å². The summed E-state index contributed by atoms with van der Waals surface area (Å²) in [6, 6.07) is 7.69. The van der Waals surface area contributed by atoms with Gasteiger partial charge in [0.25, 0.3) is 11.8 Å². The molecule has 7 nitrogen and oxygen atoms in total. The van der Waals surface area contributed by atoms with Gasteiger partial charge in [-0.1, -0.05) is 30.9 Å². The summed E-state index contributed by atoms with van der Waals surface area (Å²) in [4.78, 5) is 40.2. The number of nitrogens with one attached hydrogen (secondary N) is 2. The molecule has 2 heterocycles. The van der Waals surface area contributed by atoms with Crippen LogP contribution in [-0.2, 0) is 4.79 Å². The Hall–Kier alpha value is -2.80. The van der Waals surface area contributed by atoms with E-state index in [-0.39, 0.29) is 29.5 Å². The van der Waals surface area contributed by atoms with E-state index in [0.29, 0.717) is 29.2 Å². The highest BCUT2D eigenvalue weighted by atomic mass is 35.5. The van der Waals surface area contributed by atoms with Crippen molar-refractivity contribution >= 4 is 35.0 Å². The van der Waals surface area contributed by atoms with Crippen LogP contribution in [0, 0.1) is 0 Å². The van der Waals surface area contributed by atoms with Gasteiger partial charge in [0.2, 0.25) is 5.91 Å². The van der Waals surface area contributed by atoms with Gasteiger partial charge in [-0.25, -0.2) is 0 Å². The highest BCUT2D eigenvalue weighted by Gasteiger charge is 2.34. The monoisotopic (exact) mass is 457 g/mol. The first-order valence-electron chi connectivity index (χ1n) is 11.3. The second-order valence-corrected chi connectivity index (χ2v) is 8.89. The summed E-state index contributed by atoms with van der Waals surface area (Å²) in [6.07, 6.45) is 9.09. The Kier molecular flexibility index (Phi) is 7.15. The lowest BCUT2D eigenvalue weighted by Gasteiger charge is -2.34. The van der Waals surface area contributed by atoms with Gasteiger partial charge in [-0.15, -0.1) is 0 Å². The highest BCUT2D eigenvalue weighted by molar-refractivity contribution is 6.34. The summed E-state index contributed by atoms with van der Waals surface area (Å²) in [5, 5.41) is 6.26. The zero-order chi connectivity index (χ0) is 22.5. The molecular weight excluding hydrogens is 430 g/mol. The maximum absolute atomic E-state index is 13.1. The summed E-state index contributed by atoms with van der Waals surface area (Å²) in [5.74, 6) is -0.591. The van der Waals surface area contributed by atoms with E-state index in [2.05, 4.69) is 10.6 Å². The number of benzene rings is 1. The molecule has 1 aliphatic heterocycles. The lowest BCUT2D eigenvalue weighted by Crippen LogP contribution is -2.49. The number of anilines is 1. The third-order valence-corrected chi connectivity index (χ3v) is 6.55. The standard InChI is InChI=1S/C24H28ClN3O4/c25-19-12-11-17(15-18(19)22(29)26-16-7-2-1-3-8-16)27-23(30)20-9-4-5-13-28(20)24(31)21-10-6-14-32-21/h6,10-12,14-16,20H,1-5,7-9,13H2,(H,26,29)(H,27,30). The van der Waals surface area contributed by atoms with Crippen LogP contribution in [0.2, 0.25) is 5.02 Å². The summed E-state index contributed by atoms with van der Waals surface area (Å²) >= 11 is 6.28. The molecule has 1 saturated heterocycles. The van der Waals surface area contributed by atoms with E-state index in [1.54, 1.807) is 35.2 Å². The van der Waals surface area contributed by atoms with Crippen LogP contribution in [0.4, 0.5) is 5.69 Å². The first-order chi connectivity index (χ1) is 15.5. The second kappa shape index (κ2) is 10.2. The number of halogens is 1. The Morgan fingerprint density at radius 3 is 2.53 bits per heavy atom. The molecule has 0 bridgehead atoms. The summed E-state index contributed by atoms with van der Waals surface area (Å²) in [7, 11) is 0. The lowest BCUT2D eigenvalue weighted by atomic mass is 9.95. The van der Waals surface area contributed by atoms with E-state index in [1.165, 1.54) is 12.7 Å². The van der Waals surface area contributed by atoms with E-state index in [9.17, 15) is 14.4 Å². The number of hydrogen-bond acceptors (Lipinski definition) is 4. The molecule has 2 fully saturated rings. The van der Waals surface area contributed by atoms with Gasteiger partial charge in [0, 0.05) is 18.3 Å². The smallest absolute Gasteiger partial charge is 0.290 e. The third kappa shape index (κ3) is 5.15. The Morgan fingerprint density at radius 2 is 1.78 bits per heavy atom. The quantitative estimate of drug-likeness (QED) is 0.684. The van der Waals surface area contributed by atoms with Gasteiger partial charge in [-0.2, -0.15) is 0 Å². The van der Waals surface area contributed by atoms with Crippen molar-refractivity contribution < 1.29 is 18.8 Å². The third-order valence-electron chi connectivity index (χ3n) is 6.22. The van der Waals surface area contributed by atoms with Crippen molar-refractivity contribution in [3.63, 3.8) is 0 Å². The number of likely N-dealkylation sites (tertiary alicyclic amines) is 1. The maximum atomic E-state index is 13.1. The number of furan rings is 1. The number of hydrogen-bond donors (Lipinski definition) is 2. The molecule has 170 valence electrons. The van der Waals surface area contributed by atoms with Crippen molar-refractivity contribution in [3.8, 4) is 0 Å². The van der Waals surface area contributed by atoms with Crippen molar-refractivity contribution in [2.75, 3.05) is 11.9 Å². The molecule has 1 aromatic heterocycles. The van der Waals surface area contributed by atoms with E-state index < -0.39 is 6.04 Å². The number of amides is 3. The molecule has 2 N–H and O–H groups in total. The Morgan fingerprint density at radius 1 is 1.00 bits per heavy atom. The Bertz CT molecular complexity index is 970. The minimum atomic E-state index is -0.600. The first-order valence-corrected chi connectivity index (χ1v) is 11.7. The molecule has 0 spiro atoms. The largest absolute Gasteiger partial charge is 0.459 e. The summed E-state index contributed by atoms with van der Waals surface area (Å²) in [6.45, 7) is 0.493. The first kappa shape index (κ1) is 22.4. The average Bonchev–Trinajstić information content (AvgIpc) is 3.35. The summed E-state index contributed by atoms with van der Waals surface area (Å²) in [5.41, 5.74) is 0.811. The molecule has 2 aromatic rings. The fourth-order valence-electron chi connectivity index (χ4n) is 4.50. The molecule has 0 radical (unpaired) electrons. The van der Waals surface area contributed by atoms with Gasteiger partial charge in [-0.05, 0) is 62.4 Å². The van der Waals surface area contributed by atoms with Gasteiger partial charge in [0.15, 0.2) is 5.76 Å². The molecule has 1 aliphatic carbocycles. The molecular formula is C24H28ClN3O4. The van der Waals surface area contributed by atoms with E-state index in [1.807, 2.05) is 0 Å². The molecule has 2 aliphatic rings. The van der Waals surface area contributed by atoms with Crippen LogP contribution in [0.3, 0.4) is 0 Å². The molecule has 1 atom stereocenters. The van der Waals surface area contributed by atoms with Gasteiger partial charge in [0.05, 0.1) is 16.8 Å². The van der Waals surface area contributed by atoms with Crippen LogP contribution in [0.1, 0.15) is 72.3 Å². The van der Waals surface area contributed by atoms with Crippen LogP contribution in [0.15, 0.2) is 41.0 Å². The predicted molar refractivity (Wildman–Crippen MR) is 122 cm³/mol. The minimum Gasteiger partial charge on any atom is -0.459 e. The van der Waals surface area contributed by atoms with E-state index in [0.717, 1.165) is 38.5 Å². The molecule has 3 amide bonds. The zero-order valence-electron chi connectivity index (χ0n) is 17.9. The average molecular weight is 458 g/mol. The van der Waals surface area contributed by atoms with Gasteiger partial charge in [0.1, 0.15) is 6.04 Å². The summed E-state index contributed by atoms with van der Waals surface area (Å²) < 4.78 is 5.23. The van der Waals surface area contributed by atoms with E-state index in [4.69, 9.17) is 16.0 Å². The minimum absolute atomic E-state index is 0.161. The van der Waals surface area contributed by atoms with Crippen LogP contribution >= 0.6 is 11.6 Å². The molecule has 32 heavy (non-hydrogen) atoms. The molecule has 1 aromatic carbocycles. The maximum Gasteiger partial charge on any atom is 0.290 e. The number of carbonyl (C=O) groups is 3. The van der Waals surface area contributed by atoms with Gasteiger partial charge >= 0.3 is 0 Å². The van der Waals surface area contributed by atoms with Crippen molar-refractivity contribution in [1.82, 2.24) is 10.2 Å². The fraction of sp³-hybridized carbons (Fsp3) is 0.458. The number of rotatable bonds is 5. The fourth-order valence-corrected chi connectivity index (χ4v) is 4.71. The number of carbonyl (C=O) groups excluding carboxylic acids is 3. The van der Waals surface area contributed by atoms with Gasteiger partial charge in [-0.3, -0.25) is 14.4 Å². The topological polar surface area (TPSA) is 91.7 Å². The number of piperidine rings is 1. The van der Waals surface area contributed by atoms with Crippen molar-refractivity contribution in [3.05, 3.63) is 52.9 Å². The Labute approximate surface area is 192 Å². The number of nitrogens with zero attached hydrogens (tertiary/aromatic N) is 1. The SMILES string of the molecule is O=C(NC1CCCCC1)c1cc(NC(=O)C2CCCCN2C(=O)c2ccco2)ccc1Cl. The lowest BCUT2D eigenvalue weighted by molar-refractivity contribution is -0.121. The van der Waals surface area contributed by atoms with Crippen molar-refractivity contribution in [2.24, 2.45) is 0 Å². The molecule has 1 unspecified atom stereocenters. The van der Waals surface area contributed by atoms with Crippen LogP contribution in [0.5, 0.6) is 0 Å². The zero-order valence-corrected chi connectivity index (χ0v) is 18.7. The molecule has 4 rings (SSSR count). The van der Waals surface area contributed by atoms with Crippen molar-refractivity contribution in [1.29, 1.82) is 0 Å². The second-order valence-electron chi connectivity index (χ2n) is 8.48. The van der Waals surface area contributed by atoms with Crippen LogP contribution in [-0.4, -0.2) is 41.2 Å². The highest BCUT2D eigenvalue weighted by Crippen LogP contribution is 2.25. The Balaban J connectivity index is 1.45. The normalized spacial score (nSPS) is 19.4. The van der Waals surface area contributed by atoms with Crippen LogP contribution in [0.25, 0.3) is 0 Å². The molecule has 8 heteroatoms. The van der Waals surface area contributed by atoms with Gasteiger partial charge < -0.3 is 20.0 Å². The van der Waals surface area contributed by atoms with Crippen LogP contribution < -0.4 is 10.6 Å². The molecule has 1 saturated carbocycles. The van der Waals surface area contributed by atoms with E-state index >= 15 is 0 Å². The predicted octanol–water partition coefficient (Wildman–Crippen LogP) is 4.63.